The quantitative estimate of drug-likeness (QED) is 0.620. The van der Waals surface area contributed by atoms with Crippen LogP contribution in [0.1, 0.15) is 36.6 Å². The van der Waals surface area contributed by atoms with E-state index in [9.17, 15) is 10.1 Å². The highest BCUT2D eigenvalue weighted by Crippen LogP contribution is 2.25. The van der Waals surface area contributed by atoms with Crippen molar-refractivity contribution in [1.82, 2.24) is 9.78 Å². The van der Waals surface area contributed by atoms with Gasteiger partial charge in [-0.15, -0.1) is 0 Å². The molecule has 5 heteroatoms. The molecule has 0 aliphatic carbocycles. The van der Waals surface area contributed by atoms with Crippen molar-refractivity contribution in [2.24, 2.45) is 7.05 Å². The molecule has 2 rings (SSSR count). The second-order valence-electron chi connectivity index (χ2n) is 5.28. The van der Waals surface area contributed by atoms with E-state index < -0.39 is 0 Å². The molecule has 0 saturated carbocycles. The summed E-state index contributed by atoms with van der Waals surface area (Å²) in [6.07, 6.45) is 3.22. The van der Waals surface area contributed by atoms with Gasteiger partial charge in [-0.1, -0.05) is 26.0 Å². The number of benzene rings is 1. The van der Waals surface area contributed by atoms with Gasteiger partial charge in [-0.2, -0.15) is 5.10 Å². The van der Waals surface area contributed by atoms with Gasteiger partial charge in [-0.3, -0.25) is 14.8 Å². The van der Waals surface area contributed by atoms with Crippen LogP contribution in [0.5, 0.6) is 0 Å². The number of nitro groups is 1. The molecule has 2 aromatic rings. The molecule has 0 aliphatic rings. The number of aromatic nitrogens is 2. The summed E-state index contributed by atoms with van der Waals surface area (Å²) in [7, 11) is 1.86. The van der Waals surface area contributed by atoms with Crippen LogP contribution < -0.4 is 0 Å². The number of rotatable bonds is 5. The van der Waals surface area contributed by atoms with Gasteiger partial charge in [0.2, 0.25) is 0 Å². The van der Waals surface area contributed by atoms with E-state index >= 15 is 0 Å². The van der Waals surface area contributed by atoms with Crippen LogP contribution in [0, 0.1) is 10.1 Å². The van der Waals surface area contributed by atoms with Crippen LogP contribution in [0.3, 0.4) is 0 Å². The second-order valence-corrected chi connectivity index (χ2v) is 5.28. The highest BCUT2D eigenvalue weighted by atomic mass is 16.6. The maximum atomic E-state index is 11.2. The second kappa shape index (κ2) is 5.86. The minimum atomic E-state index is -0.292. The predicted octanol–water partition coefficient (Wildman–Crippen LogP) is 3.24. The number of nitrogens with zero attached hydrogens (tertiary/aromatic N) is 3. The molecule has 5 nitrogen and oxygen atoms in total. The third kappa shape index (κ3) is 3.23. The van der Waals surface area contributed by atoms with E-state index in [-0.39, 0.29) is 10.6 Å². The van der Waals surface area contributed by atoms with E-state index in [0.29, 0.717) is 18.8 Å². The number of hydrogen-bond acceptors (Lipinski definition) is 3. The van der Waals surface area contributed by atoms with Crippen molar-refractivity contribution in [1.29, 1.82) is 0 Å². The Morgan fingerprint density at radius 3 is 2.60 bits per heavy atom. The summed E-state index contributed by atoms with van der Waals surface area (Å²) in [6, 6.07) is 7.48. The topological polar surface area (TPSA) is 61.0 Å². The molecule has 0 aliphatic heterocycles. The summed E-state index contributed by atoms with van der Waals surface area (Å²) in [5.74, 6) is 0.290. The van der Waals surface area contributed by atoms with Crippen LogP contribution in [0.25, 0.3) is 0 Å². The first-order valence-corrected chi connectivity index (χ1v) is 6.73. The molecule has 0 N–H and O–H groups in total. The van der Waals surface area contributed by atoms with E-state index in [4.69, 9.17) is 0 Å². The standard InChI is InChI=1S/C15H19N3O2/c1-11(2)13-5-4-12(15(10-13)18(19)20)6-7-14-8-9-17(3)16-14/h4-5,8-11H,6-7H2,1-3H3. The molecule has 1 heterocycles. The summed E-state index contributed by atoms with van der Waals surface area (Å²) in [5, 5.41) is 15.5. The first kappa shape index (κ1) is 14.2. The molecule has 0 unspecified atom stereocenters. The van der Waals surface area contributed by atoms with Crippen molar-refractivity contribution in [3.63, 3.8) is 0 Å². The van der Waals surface area contributed by atoms with Crippen molar-refractivity contribution in [2.75, 3.05) is 0 Å². The summed E-state index contributed by atoms with van der Waals surface area (Å²) < 4.78 is 1.74. The molecular formula is C15H19N3O2. The Labute approximate surface area is 118 Å². The summed E-state index contributed by atoms with van der Waals surface area (Å²) in [6.45, 7) is 4.07. The Balaban J connectivity index is 2.20. The Morgan fingerprint density at radius 2 is 2.05 bits per heavy atom. The first-order valence-electron chi connectivity index (χ1n) is 6.73. The van der Waals surface area contributed by atoms with Crippen molar-refractivity contribution in [2.45, 2.75) is 32.6 Å². The van der Waals surface area contributed by atoms with Gasteiger partial charge in [-0.05, 0) is 30.4 Å². The SMILES string of the molecule is CC(C)c1ccc(CCc2ccn(C)n2)c([N+](=O)[O-])c1. The minimum absolute atomic E-state index is 0.215. The molecule has 0 saturated heterocycles. The van der Waals surface area contributed by atoms with Crippen LogP contribution in [-0.2, 0) is 19.9 Å². The lowest BCUT2D eigenvalue weighted by Gasteiger charge is -2.08. The van der Waals surface area contributed by atoms with E-state index in [1.807, 2.05) is 45.3 Å². The molecule has 106 valence electrons. The smallest absolute Gasteiger partial charge is 0.272 e. The number of nitro benzene ring substituents is 1. The van der Waals surface area contributed by atoms with Gasteiger partial charge in [0.25, 0.3) is 5.69 Å². The van der Waals surface area contributed by atoms with Gasteiger partial charge in [-0.25, -0.2) is 0 Å². The van der Waals surface area contributed by atoms with Gasteiger partial charge in [0, 0.05) is 24.9 Å². The summed E-state index contributed by atoms with van der Waals surface area (Å²) >= 11 is 0. The maximum Gasteiger partial charge on any atom is 0.272 e. The van der Waals surface area contributed by atoms with Crippen molar-refractivity contribution < 1.29 is 4.92 Å². The van der Waals surface area contributed by atoms with Gasteiger partial charge < -0.3 is 0 Å². The van der Waals surface area contributed by atoms with E-state index in [1.54, 1.807) is 10.7 Å². The average molecular weight is 273 g/mol. The fraction of sp³-hybridized carbons (Fsp3) is 0.400. The van der Waals surface area contributed by atoms with Crippen molar-refractivity contribution in [3.8, 4) is 0 Å². The predicted molar refractivity (Wildman–Crippen MR) is 77.8 cm³/mol. The van der Waals surface area contributed by atoms with Crippen LogP contribution in [0.15, 0.2) is 30.5 Å². The number of aryl methyl sites for hydroxylation is 3. The van der Waals surface area contributed by atoms with Crippen molar-refractivity contribution in [3.05, 3.63) is 57.4 Å². The van der Waals surface area contributed by atoms with Crippen LogP contribution in [0.2, 0.25) is 0 Å². The van der Waals surface area contributed by atoms with Gasteiger partial charge in [0.05, 0.1) is 10.6 Å². The Bertz CT molecular complexity index is 617. The normalized spacial score (nSPS) is 11.0. The van der Waals surface area contributed by atoms with Crippen LogP contribution in [-0.4, -0.2) is 14.7 Å². The Morgan fingerprint density at radius 1 is 1.30 bits per heavy atom. The Kier molecular flexibility index (Phi) is 4.17. The third-order valence-corrected chi connectivity index (χ3v) is 3.39. The molecule has 0 bridgehead atoms. The largest absolute Gasteiger partial charge is 0.276 e. The highest BCUT2D eigenvalue weighted by Gasteiger charge is 2.15. The lowest BCUT2D eigenvalue weighted by molar-refractivity contribution is -0.385. The first-order chi connectivity index (χ1) is 9.47. The van der Waals surface area contributed by atoms with Gasteiger partial charge >= 0.3 is 0 Å². The molecule has 1 aromatic heterocycles. The summed E-state index contributed by atoms with van der Waals surface area (Å²) in [5.41, 5.74) is 2.94. The number of hydrogen-bond donors (Lipinski definition) is 0. The molecule has 0 radical (unpaired) electrons. The lowest BCUT2D eigenvalue weighted by Crippen LogP contribution is -2.01. The molecule has 0 spiro atoms. The van der Waals surface area contributed by atoms with E-state index in [0.717, 1.165) is 16.8 Å². The molecule has 0 atom stereocenters. The van der Waals surface area contributed by atoms with Crippen LogP contribution in [0.4, 0.5) is 5.69 Å². The monoisotopic (exact) mass is 273 g/mol. The molecule has 0 amide bonds. The Hall–Kier alpha value is -2.17. The molecule has 20 heavy (non-hydrogen) atoms. The fourth-order valence-electron chi connectivity index (χ4n) is 2.18. The third-order valence-electron chi connectivity index (χ3n) is 3.39. The van der Waals surface area contributed by atoms with E-state index in [2.05, 4.69) is 5.10 Å². The highest BCUT2D eigenvalue weighted by molar-refractivity contribution is 5.44. The average Bonchev–Trinajstić information content (AvgIpc) is 2.81. The zero-order valence-electron chi connectivity index (χ0n) is 12.0. The molecule has 0 fully saturated rings. The van der Waals surface area contributed by atoms with E-state index in [1.165, 1.54) is 0 Å². The van der Waals surface area contributed by atoms with Gasteiger partial charge in [0.15, 0.2) is 0 Å². The van der Waals surface area contributed by atoms with Gasteiger partial charge in [0.1, 0.15) is 0 Å². The zero-order chi connectivity index (χ0) is 14.7. The maximum absolute atomic E-state index is 11.2. The fourth-order valence-corrected chi connectivity index (χ4v) is 2.18. The molecule has 1 aromatic carbocycles. The zero-order valence-corrected chi connectivity index (χ0v) is 12.0. The minimum Gasteiger partial charge on any atom is -0.276 e. The lowest BCUT2D eigenvalue weighted by atomic mass is 9.98. The van der Waals surface area contributed by atoms with Crippen LogP contribution >= 0.6 is 0 Å². The molecular weight excluding hydrogens is 254 g/mol. The summed E-state index contributed by atoms with van der Waals surface area (Å²) in [4.78, 5) is 10.9. The van der Waals surface area contributed by atoms with Crippen molar-refractivity contribution >= 4 is 5.69 Å².